The van der Waals surface area contributed by atoms with Crippen LogP contribution in [0, 0.1) is 6.92 Å². The van der Waals surface area contributed by atoms with E-state index in [1.54, 1.807) is 24.5 Å². The summed E-state index contributed by atoms with van der Waals surface area (Å²) < 4.78 is 0. The fraction of sp³-hybridized carbons (Fsp3) is 0.0714. The average Bonchev–Trinajstić information content (AvgIpc) is 2.97. The first-order valence-corrected chi connectivity index (χ1v) is 6.90. The summed E-state index contributed by atoms with van der Waals surface area (Å²) in [5.41, 5.74) is 2.56. The maximum absolute atomic E-state index is 9.53. The number of aromatic nitrogens is 3. The summed E-state index contributed by atoms with van der Waals surface area (Å²) >= 11 is 1.53. The molecule has 2 N–H and O–H groups in total. The SMILES string of the molecule is Cc1ccc(O)cc1Nc1nccc(-c2nccs2)n1. The monoisotopic (exact) mass is 284 g/mol. The van der Waals surface area contributed by atoms with Gasteiger partial charge in [0.25, 0.3) is 0 Å². The van der Waals surface area contributed by atoms with Gasteiger partial charge in [-0.1, -0.05) is 6.07 Å². The van der Waals surface area contributed by atoms with Gasteiger partial charge in [0.15, 0.2) is 0 Å². The van der Waals surface area contributed by atoms with E-state index in [0.717, 1.165) is 22.0 Å². The summed E-state index contributed by atoms with van der Waals surface area (Å²) in [6, 6.07) is 6.95. The second kappa shape index (κ2) is 5.26. The number of hydrogen-bond acceptors (Lipinski definition) is 6. The minimum atomic E-state index is 0.203. The Balaban J connectivity index is 1.91. The first-order valence-electron chi connectivity index (χ1n) is 6.02. The Labute approximate surface area is 120 Å². The van der Waals surface area contributed by atoms with Crippen LogP contribution in [-0.4, -0.2) is 20.1 Å². The number of aromatic hydroxyl groups is 1. The maximum atomic E-state index is 9.53. The third-order valence-electron chi connectivity index (χ3n) is 2.77. The highest BCUT2D eigenvalue weighted by atomic mass is 32.1. The van der Waals surface area contributed by atoms with Crippen LogP contribution in [0.4, 0.5) is 11.6 Å². The molecule has 0 aliphatic heterocycles. The first-order chi connectivity index (χ1) is 9.72. The topological polar surface area (TPSA) is 70.9 Å². The second-order valence-corrected chi connectivity index (χ2v) is 5.12. The molecular formula is C14H12N4OS. The molecule has 0 fully saturated rings. The van der Waals surface area contributed by atoms with E-state index in [9.17, 15) is 5.11 Å². The molecule has 20 heavy (non-hydrogen) atoms. The molecule has 1 aromatic carbocycles. The van der Waals surface area contributed by atoms with Gasteiger partial charge >= 0.3 is 0 Å². The molecule has 2 heterocycles. The van der Waals surface area contributed by atoms with Crippen LogP contribution in [0.15, 0.2) is 42.0 Å². The zero-order valence-electron chi connectivity index (χ0n) is 10.7. The number of hydrogen-bond donors (Lipinski definition) is 2. The molecule has 0 saturated carbocycles. The molecule has 100 valence electrons. The third kappa shape index (κ3) is 2.60. The Morgan fingerprint density at radius 3 is 2.85 bits per heavy atom. The first kappa shape index (κ1) is 12.6. The number of thiazole rings is 1. The van der Waals surface area contributed by atoms with E-state index in [1.807, 2.05) is 24.4 Å². The van der Waals surface area contributed by atoms with Crippen molar-refractivity contribution in [2.75, 3.05) is 5.32 Å². The highest BCUT2D eigenvalue weighted by Gasteiger charge is 2.06. The van der Waals surface area contributed by atoms with Crippen molar-refractivity contribution >= 4 is 23.0 Å². The van der Waals surface area contributed by atoms with Crippen molar-refractivity contribution in [3.8, 4) is 16.5 Å². The smallest absolute Gasteiger partial charge is 0.227 e. The number of phenolic OH excluding ortho intramolecular Hbond substituents is 1. The second-order valence-electron chi connectivity index (χ2n) is 4.23. The summed E-state index contributed by atoms with van der Waals surface area (Å²) in [6.45, 7) is 1.95. The molecule has 0 spiro atoms. The van der Waals surface area contributed by atoms with E-state index in [4.69, 9.17) is 0 Å². The van der Waals surface area contributed by atoms with Gasteiger partial charge in [-0.2, -0.15) is 0 Å². The van der Waals surface area contributed by atoms with Gasteiger partial charge in [-0.15, -0.1) is 11.3 Å². The lowest BCUT2D eigenvalue weighted by Gasteiger charge is -2.08. The zero-order chi connectivity index (χ0) is 13.9. The summed E-state index contributed by atoms with van der Waals surface area (Å²) in [4.78, 5) is 12.8. The number of nitrogens with one attached hydrogen (secondary N) is 1. The van der Waals surface area contributed by atoms with Crippen LogP contribution in [0.1, 0.15) is 5.56 Å². The largest absolute Gasteiger partial charge is 0.508 e. The summed E-state index contributed by atoms with van der Waals surface area (Å²) in [7, 11) is 0. The van der Waals surface area contributed by atoms with Gasteiger partial charge in [0.2, 0.25) is 5.95 Å². The van der Waals surface area contributed by atoms with Crippen LogP contribution in [0.25, 0.3) is 10.7 Å². The molecule has 0 atom stereocenters. The van der Waals surface area contributed by atoms with E-state index in [-0.39, 0.29) is 5.75 Å². The maximum Gasteiger partial charge on any atom is 0.227 e. The number of rotatable bonds is 3. The van der Waals surface area contributed by atoms with Crippen molar-refractivity contribution in [3.63, 3.8) is 0 Å². The summed E-state index contributed by atoms with van der Waals surface area (Å²) in [6.07, 6.45) is 3.43. The van der Waals surface area contributed by atoms with Crippen LogP contribution in [-0.2, 0) is 0 Å². The molecular weight excluding hydrogens is 272 g/mol. The zero-order valence-corrected chi connectivity index (χ0v) is 11.6. The summed E-state index contributed by atoms with van der Waals surface area (Å²) in [5, 5.41) is 15.4. The average molecular weight is 284 g/mol. The summed E-state index contributed by atoms with van der Waals surface area (Å²) in [5.74, 6) is 0.681. The number of anilines is 2. The molecule has 0 saturated heterocycles. The molecule has 6 heteroatoms. The fourth-order valence-electron chi connectivity index (χ4n) is 1.75. The molecule has 0 radical (unpaired) electrons. The fourth-order valence-corrected chi connectivity index (χ4v) is 2.36. The van der Waals surface area contributed by atoms with Crippen molar-refractivity contribution in [3.05, 3.63) is 47.6 Å². The lowest BCUT2D eigenvalue weighted by Crippen LogP contribution is -1.99. The normalized spacial score (nSPS) is 10.4. The molecule has 0 aliphatic carbocycles. The van der Waals surface area contributed by atoms with Crippen LogP contribution in [0.5, 0.6) is 5.75 Å². The molecule has 0 bridgehead atoms. The Kier molecular flexibility index (Phi) is 3.30. The standard InChI is InChI=1S/C14H12N4OS/c1-9-2-3-10(19)8-12(9)18-14-16-5-4-11(17-14)13-15-6-7-20-13/h2-8,19H,1H3,(H,16,17,18). The van der Waals surface area contributed by atoms with Gasteiger partial charge in [0.1, 0.15) is 16.5 Å². The van der Waals surface area contributed by atoms with Gasteiger partial charge in [-0.25, -0.2) is 15.0 Å². The van der Waals surface area contributed by atoms with E-state index >= 15 is 0 Å². The lowest BCUT2D eigenvalue weighted by molar-refractivity contribution is 0.475. The number of nitrogens with zero attached hydrogens (tertiary/aromatic N) is 3. The number of phenols is 1. The van der Waals surface area contributed by atoms with Gasteiger partial charge in [0, 0.05) is 29.5 Å². The molecule has 2 aromatic heterocycles. The lowest BCUT2D eigenvalue weighted by atomic mass is 10.2. The van der Waals surface area contributed by atoms with Gasteiger partial charge in [-0.3, -0.25) is 0 Å². The minimum Gasteiger partial charge on any atom is -0.508 e. The van der Waals surface area contributed by atoms with E-state index in [1.165, 1.54) is 11.3 Å². The number of benzene rings is 1. The predicted molar refractivity (Wildman–Crippen MR) is 79.3 cm³/mol. The van der Waals surface area contributed by atoms with Crippen LogP contribution in [0.3, 0.4) is 0 Å². The van der Waals surface area contributed by atoms with Crippen molar-refractivity contribution in [2.24, 2.45) is 0 Å². The highest BCUT2D eigenvalue weighted by Crippen LogP contribution is 2.25. The Bertz CT molecular complexity index is 728. The molecule has 0 aliphatic rings. The highest BCUT2D eigenvalue weighted by molar-refractivity contribution is 7.13. The Morgan fingerprint density at radius 1 is 1.15 bits per heavy atom. The number of aryl methyl sites for hydroxylation is 1. The van der Waals surface area contributed by atoms with Crippen molar-refractivity contribution in [1.82, 2.24) is 15.0 Å². The molecule has 5 nitrogen and oxygen atoms in total. The molecule has 3 aromatic rings. The van der Waals surface area contributed by atoms with Gasteiger partial charge in [-0.05, 0) is 24.6 Å². The van der Waals surface area contributed by atoms with E-state index in [0.29, 0.717) is 5.95 Å². The van der Waals surface area contributed by atoms with Crippen LogP contribution in [0.2, 0.25) is 0 Å². The molecule has 0 unspecified atom stereocenters. The van der Waals surface area contributed by atoms with Crippen LogP contribution < -0.4 is 5.32 Å². The van der Waals surface area contributed by atoms with Gasteiger partial charge < -0.3 is 10.4 Å². The molecule has 0 amide bonds. The quantitative estimate of drug-likeness (QED) is 0.771. The Hall–Kier alpha value is -2.47. The Morgan fingerprint density at radius 2 is 2.05 bits per heavy atom. The van der Waals surface area contributed by atoms with Crippen LogP contribution >= 0.6 is 11.3 Å². The van der Waals surface area contributed by atoms with Gasteiger partial charge in [0.05, 0.1) is 0 Å². The van der Waals surface area contributed by atoms with E-state index in [2.05, 4.69) is 20.3 Å². The van der Waals surface area contributed by atoms with Crippen molar-refractivity contribution in [1.29, 1.82) is 0 Å². The van der Waals surface area contributed by atoms with Crippen molar-refractivity contribution in [2.45, 2.75) is 6.92 Å². The predicted octanol–water partition coefficient (Wildman–Crippen LogP) is 3.36. The van der Waals surface area contributed by atoms with E-state index < -0.39 is 0 Å². The molecule has 3 rings (SSSR count). The minimum absolute atomic E-state index is 0.203. The van der Waals surface area contributed by atoms with Crippen molar-refractivity contribution < 1.29 is 5.11 Å². The third-order valence-corrected chi connectivity index (χ3v) is 3.57.